The molecule has 1 atom stereocenters. The van der Waals surface area contributed by atoms with Gasteiger partial charge in [-0.25, -0.2) is 0 Å². The lowest BCUT2D eigenvalue weighted by Crippen LogP contribution is -2.25. The minimum atomic E-state index is -0.127. The van der Waals surface area contributed by atoms with E-state index in [0.29, 0.717) is 9.21 Å². The summed E-state index contributed by atoms with van der Waals surface area (Å²) in [6.07, 6.45) is 0. The molecular weight excluding hydrogens is 312 g/mol. The number of halogens is 1. The third-order valence-electron chi connectivity index (χ3n) is 2.56. The van der Waals surface area contributed by atoms with Crippen molar-refractivity contribution >= 4 is 40.2 Å². The van der Waals surface area contributed by atoms with Gasteiger partial charge in [-0.15, -0.1) is 22.7 Å². The van der Waals surface area contributed by atoms with Crippen molar-refractivity contribution in [2.75, 3.05) is 6.54 Å². The fraction of sp³-hybridized carbons (Fsp3) is 0.214. The van der Waals surface area contributed by atoms with Gasteiger partial charge in [-0.05, 0) is 30.5 Å². The average molecular weight is 325 g/mol. The molecule has 0 aliphatic rings. The number of hydrogen-bond donors (Lipinski definition) is 2. The van der Waals surface area contributed by atoms with Crippen molar-refractivity contribution in [3.05, 3.63) is 43.2 Å². The average Bonchev–Trinajstić information content (AvgIpc) is 3.04. The summed E-state index contributed by atoms with van der Waals surface area (Å²) in [5.74, 6) is 5.54. The first-order valence-electron chi connectivity index (χ1n) is 5.94. The first-order chi connectivity index (χ1) is 9.61. The molecule has 2 aromatic rings. The third-order valence-corrected chi connectivity index (χ3v) is 4.89. The third kappa shape index (κ3) is 3.62. The molecule has 0 spiro atoms. The van der Waals surface area contributed by atoms with Crippen molar-refractivity contribution in [2.24, 2.45) is 5.73 Å². The summed E-state index contributed by atoms with van der Waals surface area (Å²) in [6, 6.07) is 5.49. The van der Waals surface area contributed by atoms with Crippen molar-refractivity contribution in [1.29, 1.82) is 0 Å². The van der Waals surface area contributed by atoms with Gasteiger partial charge in [-0.2, -0.15) is 0 Å². The Hall–Kier alpha value is -1.32. The second-order valence-electron chi connectivity index (χ2n) is 4.01. The lowest BCUT2D eigenvalue weighted by atomic mass is 10.2. The topological polar surface area (TPSA) is 55.1 Å². The molecule has 1 amide bonds. The highest BCUT2D eigenvalue weighted by atomic mass is 35.5. The lowest BCUT2D eigenvalue weighted by molar-refractivity contribution is 0.0944. The summed E-state index contributed by atoms with van der Waals surface area (Å²) < 4.78 is 0.715. The number of carbonyl (C=O) groups excluding carboxylic acids is 1. The van der Waals surface area contributed by atoms with Crippen LogP contribution in [-0.2, 0) is 0 Å². The molecule has 0 saturated heterocycles. The van der Waals surface area contributed by atoms with E-state index in [4.69, 9.17) is 17.3 Å². The predicted octanol–water partition coefficient (Wildman–Crippen LogP) is 3.26. The van der Waals surface area contributed by atoms with Crippen LogP contribution in [0.5, 0.6) is 0 Å². The van der Waals surface area contributed by atoms with Gasteiger partial charge in [0.25, 0.3) is 5.91 Å². The molecule has 6 heteroatoms. The number of thiophene rings is 2. The number of rotatable bonds is 3. The predicted molar refractivity (Wildman–Crippen MR) is 85.5 cm³/mol. The molecule has 2 rings (SSSR count). The van der Waals surface area contributed by atoms with Gasteiger partial charge in [0.1, 0.15) is 4.88 Å². The number of nitrogens with one attached hydrogen (secondary N) is 1. The first kappa shape index (κ1) is 15.1. The zero-order chi connectivity index (χ0) is 14.5. The van der Waals surface area contributed by atoms with Crippen molar-refractivity contribution < 1.29 is 4.79 Å². The molecule has 0 saturated carbocycles. The summed E-state index contributed by atoms with van der Waals surface area (Å²) in [5.41, 5.74) is 6.07. The van der Waals surface area contributed by atoms with Gasteiger partial charge in [0.05, 0.1) is 16.9 Å². The highest BCUT2D eigenvalue weighted by molar-refractivity contribution is 7.16. The van der Waals surface area contributed by atoms with Crippen LogP contribution in [0.1, 0.15) is 33.1 Å². The van der Waals surface area contributed by atoms with Crippen LogP contribution >= 0.6 is 34.3 Å². The monoisotopic (exact) mass is 324 g/mol. The van der Waals surface area contributed by atoms with Crippen LogP contribution in [-0.4, -0.2) is 12.5 Å². The van der Waals surface area contributed by atoms with Crippen LogP contribution in [0.2, 0.25) is 4.34 Å². The van der Waals surface area contributed by atoms with Gasteiger partial charge in [-0.1, -0.05) is 23.4 Å². The van der Waals surface area contributed by atoms with Crippen LogP contribution in [0.3, 0.4) is 0 Å². The molecule has 3 N–H and O–H groups in total. The van der Waals surface area contributed by atoms with Gasteiger partial charge < -0.3 is 11.1 Å². The van der Waals surface area contributed by atoms with Crippen LogP contribution in [0.15, 0.2) is 23.6 Å². The minimum Gasteiger partial charge on any atom is -0.344 e. The highest BCUT2D eigenvalue weighted by Gasteiger charge is 2.16. The number of hydrogen-bond acceptors (Lipinski definition) is 4. The summed E-state index contributed by atoms with van der Waals surface area (Å²) in [6.45, 7) is 2.21. The second kappa shape index (κ2) is 6.91. The summed E-state index contributed by atoms with van der Waals surface area (Å²) in [5, 5.41) is 4.80. The Balaban J connectivity index is 2.10. The first-order valence-corrected chi connectivity index (χ1v) is 8.01. The molecule has 0 aliphatic carbocycles. The van der Waals surface area contributed by atoms with Crippen molar-refractivity contribution in [3.63, 3.8) is 0 Å². The normalized spacial score (nSPS) is 11.6. The van der Waals surface area contributed by atoms with Crippen molar-refractivity contribution in [2.45, 2.75) is 13.0 Å². The maximum absolute atomic E-state index is 12.3. The maximum Gasteiger partial charge on any atom is 0.263 e. The van der Waals surface area contributed by atoms with Gasteiger partial charge in [0.15, 0.2) is 0 Å². The van der Waals surface area contributed by atoms with Crippen LogP contribution < -0.4 is 11.1 Å². The Kier molecular flexibility index (Phi) is 5.21. The van der Waals surface area contributed by atoms with E-state index in [2.05, 4.69) is 17.2 Å². The Morgan fingerprint density at radius 1 is 1.50 bits per heavy atom. The summed E-state index contributed by atoms with van der Waals surface area (Å²) >= 11 is 8.74. The molecule has 104 valence electrons. The fourth-order valence-electron chi connectivity index (χ4n) is 1.62. The maximum atomic E-state index is 12.3. The molecule has 0 radical (unpaired) electrons. The van der Waals surface area contributed by atoms with E-state index in [-0.39, 0.29) is 18.5 Å². The van der Waals surface area contributed by atoms with Gasteiger partial charge in [-0.3, -0.25) is 4.79 Å². The Morgan fingerprint density at radius 2 is 2.30 bits per heavy atom. The Labute approximate surface area is 130 Å². The SMILES string of the molecule is CC(NC(=O)c1sccc1C#CCN)c1ccc(Cl)s1. The smallest absolute Gasteiger partial charge is 0.263 e. The van der Waals surface area contributed by atoms with E-state index in [1.807, 2.05) is 30.5 Å². The standard InChI is InChI=1S/C14H13ClN2OS2/c1-9(11-4-5-12(15)20-11)17-14(18)13-10(3-2-7-16)6-8-19-13/h4-6,8-9H,7,16H2,1H3,(H,17,18). The highest BCUT2D eigenvalue weighted by Crippen LogP contribution is 2.27. The number of nitrogens with two attached hydrogens (primary N) is 1. The van der Waals surface area contributed by atoms with E-state index in [1.165, 1.54) is 22.7 Å². The summed E-state index contributed by atoms with van der Waals surface area (Å²) in [4.78, 5) is 13.9. The molecular formula is C14H13ClN2OS2. The van der Waals surface area contributed by atoms with Crippen LogP contribution in [0.25, 0.3) is 0 Å². The Morgan fingerprint density at radius 3 is 2.95 bits per heavy atom. The van der Waals surface area contributed by atoms with Crippen LogP contribution in [0.4, 0.5) is 0 Å². The zero-order valence-electron chi connectivity index (χ0n) is 10.8. The van der Waals surface area contributed by atoms with E-state index in [0.717, 1.165) is 10.4 Å². The largest absolute Gasteiger partial charge is 0.344 e. The molecule has 3 nitrogen and oxygen atoms in total. The van der Waals surface area contributed by atoms with E-state index in [1.54, 1.807) is 0 Å². The molecule has 0 bridgehead atoms. The molecule has 20 heavy (non-hydrogen) atoms. The molecule has 1 unspecified atom stereocenters. The molecule has 0 fully saturated rings. The lowest BCUT2D eigenvalue weighted by Gasteiger charge is -2.11. The number of amides is 1. The van der Waals surface area contributed by atoms with E-state index in [9.17, 15) is 4.79 Å². The molecule has 0 aliphatic heterocycles. The summed E-state index contributed by atoms with van der Waals surface area (Å²) in [7, 11) is 0. The number of carbonyl (C=O) groups is 1. The van der Waals surface area contributed by atoms with Crippen molar-refractivity contribution in [3.8, 4) is 11.8 Å². The van der Waals surface area contributed by atoms with Gasteiger partial charge in [0.2, 0.25) is 0 Å². The zero-order valence-corrected chi connectivity index (χ0v) is 13.2. The van der Waals surface area contributed by atoms with Crippen molar-refractivity contribution in [1.82, 2.24) is 5.32 Å². The minimum absolute atomic E-state index is 0.0857. The quantitative estimate of drug-likeness (QED) is 0.851. The molecule has 2 heterocycles. The van der Waals surface area contributed by atoms with Crippen LogP contribution in [0, 0.1) is 11.8 Å². The van der Waals surface area contributed by atoms with E-state index < -0.39 is 0 Å². The molecule has 0 aromatic carbocycles. The van der Waals surface area contributed by atoms with Gasteiger partial charge in [0, 0.05) is 10.4 Å². The molecule has 2 aromatic heterocycles. The fourth-order valence-corrected chi connectivity index (χ4v) is 3.44. The van der Waals surface area contributed by atoms with Gasteiger partial charge >= 0.3 is 0 Å². The Bertz CT molecular complexity index is 666. The van der Waals surface area contributed by atoms with E-state index >= 15 is 0 Å². The second-order valence-corrected chi connectivity index (χ2v) is 6.67.